The summed E-state index contributed by atoms with van der Waals surface area (Å²) in [6.45, 7) is 5.25. The van der Waals surface area contributed by atoms with Crippen LogP contribution in [0.25, 0.3) is 0 Å². The Kier molecular flexibility index (Phi) is 4.85. The molecule has 1 aromatic carbocycles. The van der Waals surface area contributed by atoms with Gasteiger partial charge in [-0.3, -0.25) is 4.99 Å². The molecule has 1 aromatic rings. The second kappa shape index (κ2) is 6.87. The van der Waals surface area contributed by atoms with Crippen LogP contribution in [0.5, 0.6) is 0 Å². The molecule has 2 aliphatic rings. The minimum Gasteiger partial charge on any atom is -0.393 e. The van der Waals surface area contributed by atoms with Gasteiger partial charge >= 0.3 is 0 Å². The maximum Gasteiger partial charge on any atom is 0.193 e. The van der Waals surface area contributed by atoms with Crippen LogP contribution in [-0.2, 0) is 5.41 Å². The van der Waals surface area contributed by atoms with E-state index in [2.05, 4.69) is 17.1 Å². The van der Waals surface area contributed by atoms with Crippen molar-refractivity contribution in [2.45, 2.75) is 44.1 Å². The van der Waals surface area contributed by atoms with Gasteiger partial charge in [0.15, 0.2) is 5.96 Å². The highest BCUT2D eigenvalue weighted by Gasteiger charge is 2.44. The Labute approximate surface area is 137 Å². The van der Waals surface area contributed by atoms with E-state index in [0.29, 0.717) is 6.54 Å². The van der Waals surface area contributed by atoms with E-state index in [1.165, 1.54) is 6.07 Å². The van der Waals surface area contributed by atoms with E-state index in [1.54, 1.807) is 12.1 Å². The van der Waals surface area contributed by atoms with Crippen molar-refractivity contribution in [3.05, 3.63) is 35.6 Å². The predicted octanol–water partition coefficient (Wildman–Crippen LogP) is 2.28. The van der Waals surface area contributed by atoms with Gasteiger partial charge in [0, 0.05) is 25.0 Å². The standard InChI is InChI=1S/C18H26FN3O/c1-2-20-17(22-10-6-16(23)7-11-22)21-13-18(8-9-18)14-4-3-5-15(19)12-14/h3-5,12,16,23H,2,6-11,13H2,1H3,(H,20,21). The van der Waals surface area contributed by atoms with Gasteiger partial charge in [0.2, 0.25) is 0 Å². The normalized spacial score (nSPS) is 21.3. The van der Waals surface area contributed by atoms with Crippen molar-refractivity contribution in [1.82, 2.24) is 10.2 Å². The van der Waals surface area contributed by atoms with Crippen LogP contribution in [0, 0.1) is 5.82 Å². The summed E-state index contributed by atoms with van der Waals surface area (Å²) in [4.78, 5) is 7.05. The molecule has 1 saturated carbocycles. The summed E-state index contributed by atoms with van der Waals surface area (Å²) in [5.41, 5.74) is 1.07. The number of nitrogens with one attached hydrogen (secondary N) is 1. The molecule has 4 nitrogen and oxygen atoms in total. The maximum atomic E-state index is 13.5. The first kappa shape index (κ1) is 16.2. The highest BCUT2D eigenvalue weighted by Crippen LogP contribution is 2.48. The molecule has 1 aliphatic carbocycles. The monoisotopic (exact) mass is 319 g/mol. The van der Waals surface area contributed by atoms with Crippen LogP contribution in [0.4, 0.5) is 4.39 Å². The molecule has 2 fully saturated rings. The van der Waals surface area contributed by atoms with E-state index in [9.17, 15) is 9.50 Å². The van der Waals surface area contributed by atoms with Crippen LogP contribution in [0.1, 0.15) is 38.2 Å². The fourth-order valence-electron chi connectivity index (χ4n) is 3.24. The Morgan fingerprint density at radius 3 is 2.74 bits per heavy atom. The lowest BCUT2D eigenvalue weighted by Crippen LogP contribution is -2.46. The second-order valence-corrected chi connectivity index (χ2v) is 6.68. The number of aliphatic hydroxyl groups is 1. The van der Waals surface area contributed by atoms with Crippen LogP contribution >= 0.6 is 0 Å². The third-order valence-corrected chi connectivity index (χ3v) is 4.92. The Hall–Kier alpha value is -1.62. The average molecular weight is 319 g/mol. The second-order valence-electron chi connectivity index (χ2n) is 6.68. The predicted molar refractivity (Wildman–Crippen MR) is 90.1 cm³/mol. The maximum absolute atomic E-state index is 13.5. The molecule has 3 rings (SSSR count). The quantitative estimate of drug-likeness (QED) is 0.661. The molecule has 5 heteroatoms. The third kappa shape index (κ3) is 3.83. The number of hydrogen-bond acceptors (Lipinski definition) is 2. The molecule has 1 heterocycles. The van der Waals surface area contributed by atoms with E-state index < -0.39 is 0 Å². The first-order chi connectivity index (χ1) is 11.1. The summed E-state index contributed by atoms with van der Waals surface area (Å²) >= 11 is 0. The molecule has 0 atom stereocenters. The summed E-state index contributed by atoms with van der Waals surface area (Å²) in [6, 6.07) is 6.93. The molecule has 126 valence electrons. The Morgan fingerprint density at radius 2 is 2.13 bits per heavy atom. The molecule has 2 N–H and O–H groups in total. The fraction of sp³-hybridized carbons (Fsp3) is 0.611. The van der Waals surface area contributed by atoms with Gasteiger partial charge in [-0.05, 0) is 50.3 Å². The van der Waals surface area contributed by atoms with Crippen molar-refractivity contribution in [2.75, 3.05) is 26.2 Å². The first-order valence-electron chi connectivity index (χ1n) is 8.60. The van der Waals surface area contributed by atoms with Crippen molar-refractivity contribution in [1.29, 1.82) is 0 Å². The van der Waals surface area contributed by atoms with Crippen molar-refractivity contribution in [3.8, 4) is 0 Å². The minimum absolute atomic E-state index is 0.0120. The Morgan fingerprint density at radius 1 is 1.39 bits per heavy atom. The molecule has 0 unspecified atom stereocenters. The summed E-state index contributed by atoms with van der Waals surface area (Å²) < 4.78 is 13.5. The number of benzene rings is 1. The Bertz CT molecular complexity index is 563. The highest BCUT2D eigenvalue weighted by molar-refractivity contribution is 5.80. The first-order valence-corrected chi connectivity index (χ1v) is 8.60. The van der Waals surface area contributed by atoms with Crippen molar-refractivity contribution >= 4 is 5.96 Å². The molecular weight excluding hydrogens is 293 g/mol. The van der Waals surface area contributed by atoms with Gasteiger partial charge in [-0.2, -0.15) is 0 Å². The largest absolute Gasteiger partial charge is 0.393 e. The van der Waals surface area contributed by atoms with E-state index >= 15 is 0 Å². The lowest BCUT2D eigenvalue weighted by molar-refractivity contribution is 0.108. The van der Waals surface area contributed by atoms with Crippen LogP contribution in [0.2, 0.25) is 0 Å². The van der Waals surface area contributed by atoms with Gasteiger partial charge in [-0.15, -0.1) is 0 Å². The number of guanidine groups is 1. The average Bonchev–Trinajstić information content (AvgIpc) is 3.34. The van der Waals surface area contributed by atoms with E-state index in [4.69, 9.17) is 4.99 Å². The fourth-order valence-corrected chi connectivity index (χ4v) is 3.24. The van der Waals surface area contributed by atoms with E-state index in [0.717, 1.165) is 56.8 Å². The molecule has 0 amide bonds. The Balaban J connectivity index is 1.70. The number of aliphatic imine (C=N–C) groups is 1. The molecule has 0 bridgehead atoms. The molecule has 0 radical (unpaired) electrons. The topological polar surface area (TPSA) is 47.9 Å². The van der Waals surface area contributed by atoms with Gasteiger partial charge < -0.3 is 15.3 Å². The smallest absolute Gasteiger partial charge is 0.193 e. The SMILES string of the molecule is CCNC(=NCC1(c2cccc(F)c2)CC1)N1CCC(O)CC1. The van der Waals surface area contributed by atoms with Crippen LogP contribution in [0.3, 0.4) is 0 Å². The zero-order chi connectivity index (χ0) is 16.3. The van der Waals surface area contributed by atoms with Gasteiger partial charge in [0.1, 0.15) is 5.82 Å². The van der Waals surface area contributed by atoms with E-state index in [1.807, 2.05) is 6.07 Å². The molecule has 1 aliphatic heterocycles. The van der Waals surface area contributed by atoms with Crippen molar-refractivity contribution < 1.29 is 9.50 Å². The van der Waals surface area contributed by atoms with Crippen LogP contribution < -0.4 is 5.32 Å². The zero-order valence-electron chi connectivity index (χ0n) is 13.8. The molecule has 23 heavy (non-hydrogen) atoms. The number of rotatable bonds is 4. The molecule has 0 spiro atoms. The zero-order valence-corrected chi connectivity index (χ0v) is 13.8. The summed E-state index contributed by atoms with van der Waals surface area (Å²) in [5, 5.41) is 13.0. The molecular formula is C18H26FN3O. The number of aliphatic hydroxyl groups excluding tert-OH is 1. The molecule has 0 aromatic heterocycles. The third-order valence-electron chi connectivity index (χ3n) is 4.92. The number of likely N-dealkylation sites (tertiary alicyclic amines) is 1. The minimum atomic E-state index is -0.184. The van der Waals surface area contributed by atoms with E-state index in [-0.39, 0.29) is 17.3 Å². The highest BCUT2D eigenvalue weighted by atomic mass is 19.1. The molecule has 1 saturated heterocycles. The van der Waals surface area contributed by atoms with Gasteiger partial charge in [0.25, 0.3) is 0 Å². The number of hydrogen-bond donors (Lipinski definition) is 2. The number of nitrogens with zero attached hydrogens (tertiary/aromatic N) is 2. The van der Waals surface area contributed by atoms with Gasteiger partial charge in [-0.25, -0.2) is 4.39 Å². The summed E-state index contributed by atoms with van der Waals surface area (Å²) in [5.74, 6) is 0.747. The van der Waals surface area contributed by atoms with Crippen LogP contribution in [-0.4, -0.2) is 48.2 Å². The summed E-state index contributed by atoms with van der Waals surface area (Å²) in [6.07, 6.45) is 3.53. The lowest BCUT2D eigenvalue weighted by Gasteiger charge is -2.32. The lowest BCUT2D eigenvalue weighted by atomic mass is 9.96. The van der Waals surface area contributed by atoms with Crippen molar-refractivity contribution in [2.24, 2.45) is 4.99 Å². The van der Waals surface area contributed by atoms with Gasteiger partial charge in [-0.1, -0.05) is 12.1 Å². The van der Waals surface area contributed by atoms with Crippen molar-refractivity contribution in [3.63, 3.8) is 0 Å². The van der Waals surface area contributed by atoms with Crippen LogP contribution in [0.15, 0.2) is 29.3 Å². The number of halogens is 1. The number of piperidine rings is 1. The van der Waals surface area contributed by atoms with Gasteiger partial charge in [0.05, 0.1) is 12.6 Å². The summed E-state index contributed by atoms with van der Waals surface area (Å²) in [7, 11) is 0.